The van der Waals surface area contributed by atoms with Gasteiger partial charge < -0.3 is 10.1 Å². The van der Waals surface area contributed by atoms with Gasteiger partial charge in [-0.3, -0.25) is 4.79 Å². The molecule has 0 bridgehead atoms. The van der Waals surface area contributed by atoms with Crippen LogP contribution in [0.15, 0.2) is 77.7 Å². The second-order valence-electron chi connectivity index (χ2n) is 8.15. The Bertz CT molecular complexity index is 1240. The Labute approximate surface area is 195 Å². The fourth-order valence-electron chi connectivity index (χ4n) is 4.21. The molecule has 1 heterocycles. The summed E-state index contributed by atoms with van der Waals surface area (Å²) in [6.45, 7) is 3.00. The monoisotopic (exact) mass is 464 g/mol. The van der Waals surface area contributed by atoms with E-state index in [9.17, 15) is 13.2 Å². The summed E-state index contributed by atoms with van der Waals surface area (Å²) in [5.41, 5.74) is 3.13. The average molecular weight is 465 g/mol. The molecular weight excluding hydrogens is 436 g/mol. The van der Waals surface area contributed by atoms with Crippen LogP contribution in [0.3, 0.4) is 0 Å². The normalized spacial score (nSPS) is 15.2. The van der Waals surface area contributed by atoms with Crippen LogP contribution in [0.2, 0.25) is 0 Å². The lowest BCUT2D eigenvalue weighted by molar-refractivity contribution is 0.0939. The number of ether oxygens (including phenoxy) is 1. The summed E-state index contributed by atoms with van der Waals surface area (Å²) in [5.74, 6) is -0.0769. The largest absolute Gasteiger partial charge is 0.496 e. The van der Waals surface area contributed by atoms with Crippen LogP contribution in [-0.4, -0.2) is 38.8 Å². The first-order chi connectivity index (χ1) is 15.9. The van der Waals surface area contributed by atoms with Gasteiger partial charge >= 0.3 is 0 Å². The van der Waals surface area contributed by atoms with Gasteiger partial charge in [-0.05, 0) is 54.7 Å². The van der Waals surface area contributed by atoms with Crippen LogP contribution >= 0.6 is 0 Å². The predicted molar refractivity (Wildman–Crippen MR) is 128 cm³/mol. The van der Waals surface area contributed by atoms with E-state index < -0.39 is 22.0 Å². The van der Waals surface area contributed by atoms with Gasteiger partial charge in [0, 0.05) is 13.1 Å². The number of carbonyl (C=O) groups excluding carboxylic acids is 1. The van der Waals surface area contributed by atoms with Crippen LogP contribution in [0.5, 0.6) is 5.75 Å². The molecule has 0 saturated carbocycles. The third-order valence-corrected chi connectivity index (χ3v) is 7.92. The van der Waals surface area contributed by atoms with E-state index in [1.54, 1.807) is 6.07 Å². The first-order valence-electron chi connectivity index (χ1n) is 11.0. The van der Waals surface area contributed by atoms with Crippen molar-refractivity contribution < 1.29 is 17.9 Å². The molecule has 6 nitrogen and oxygen atoms in total. The Kier molecular flexibility index (Phi) is 6.81. The second kappa shape index (κ2) is 9.77. The highest BCUT2D eigenvalue weighted by Crippen LogP contribution is 2.29. The SMILES string of the molecule is COc1ccc(S(=O)(=O)N2CCCC2)cc1C(=O)N[C@@H](c1ccccc1)c1ccccc1C. The molecular formula is C26H28N2O4S. The lowest BCUT2D eigenvalue weighted by Gasteiger charge is -2.23. The molecule has 1 fully saturated rings. The summed E-state index contributed by atoms with van der Waals surface area (Å²) < 4.78 is 33.0. The number of nitrogens with zero attached hydrogens (tertiary/aromatic N) is 1. The van der Waals surface area contributed by atoms with E-state index in [0.717, 1.165) is 29.5 Å². The third kappa shape index (κ3) is 4.79. The Balaban J connectivity index is 1.72. The van der Waals surface area contributed by atoms with Crippen molar-refractivity contribution in [1.82, 2.24) is 9.62 Å². The highest BCUT2D eigenvalue weighted by Gasteiger charge is 2.29. The zero-order valence-electron chi connectivity index (χ0n) is 18.8. The fourth-order valence-corrected chi connectivity index (χ4v) is 5.75. The third-order valence-electron chi connectivity index (χ3n) is 6.03. The summed E-state index contributed by atoms with van der Waals surface area (Å²) in [7, 11) is -2.19. The van der Waals surface area contributed by atoms with Crippen LogP contribution in [0, 0.1) is 6.92 Å². The van der Waals surface area contributed by atoms with Gasteiger partial charge in [0.2, 0.25) is 10.0 Å². The number of nitrogens with one attached hydrogen (secondary N) is 1. The average Bonchev–Trinajstić information content (AvgIpc) is 3.39. The topological polar surface area (TPSA) is 75.7 Å². The van der Waals surface area contributed by atoms with Crippen molar-refractivity contribution >= 4 is 15.9 Å². The summed E-state index contributed by atoms with van der Waals surface area (Å²) in [6.07, 6.45) is 1.69. The van der Waals surface area contributed by atoms with E-state index >= 15 is 0 Å². The van der Waals surface area contributed by atoms with Gasteiger partial charge in [-0.15, -0.1) is 0 Å². The van der Waals surface area contributed by atoms with Crippen LogP contribution < -0.4 is 10.1 Å². The molecule has 3 aromatic rings. The van der Waals surface area contributed by atoms with E-state index in [4.69, 9.17) is 4.74 Å². The van der Waals surface area contributed by atoms with Crippen molar-refractivity contribution in [2.75, 3.05) is 20.2 Å². The number of aryl methyl sites for hydroxylation is 1. The van der Waals surface area contributed by atoms with Gasteiger partial charge in [0.1, 0.15) is 5.75 Å². The minimum atomic E-state index is -3.66. The second-order valence-corrected chi connectivity index (χ2v) is 10.1. The molecule has 1 N–H and O–H groups in total. The molecule has 0 aliphatic carbocycles. The van der Waals surface area contributed by atoms with E-state index in [2.05, 4.69) is 5.32 Å². The molecule has 1 atom stereocenters. The van der Waals surface area contributed by atoms with Crippen molar-refractivity contribution in [3.63, 3.8) is 0 Å². The molecule has 3 aromatic carbocycles. The number of hydrogen-bond donors (Lipinski definition) is 1. The predicted octanol–water partition coefficient (Wildman–Crippen LogP) is 4.31. The Morgan fingerprint density at radius 1 is 0.970 bits per heavy atom. The Morgan fingerprint density at radius 3 is 2.30 bits per heavy atom. The van der Waals surface area contributed by atoms with Crippen molar-refractivity contribution in [2.45, 2.75) is 30.7 Å². The highest BCUT2D eigenvalue weighted by molar-refractivity contribution is 7.89. The van der Waals surface area contributed by atoms with Crippen molar-refractivity contribution in [2.24, 2.45) is 0 Å². The maximum absolute atomic E-state index is 13.5. The summed E-state index contributed by atoms with van der Waals surface area (Å²) >= 11 is 0. The Morgan fingerprint density at radius 2 is 1.64 bits per heavy atom. The van der Waals surface area contributed by atoms with Crippen molar-refractivity contribution in [3.05, 3.63) is 95.1 Å². The maximum Gasteiger partial charge on any atom is 0.255 e. The molecule has 0 spiro atoms. The molecule has 172 valence electrons. The molecule has 1 amide bonds. The smallest absolute Gasteiger partial charge is 0.255 e. The molecule has 7 heteroatoms. The van der Waals surface area contributed by atoms with Crippen LogP contribution in [0.4, 0.5) is 0 Å². The number of benzene rings is 3. The van der Waals surface area contributed by atoms with Crippen LogP contribution in [-0.2, 0) is 10.0 Å². The number of amides is 1. The van der Waals surface area contributed by atoms with Gasteiger partial charge in [-0.1, -0.05) is 54.6 Å². The van der Waals surface area contributed by atoms with E-state index in [0.29, 0.717) is 18.8 Å². The zero-order valence-corrected chi connectivity index (χ0v) is 19.6. The lowest BCUT2D eigenvalue weighted by atomic mass is 9.94. The maximum atomic E-state index is 13.5. The number of methoxy groups -OCH3 is 1. The highest BCUT2D eigenvalue weighted by atomic mass is 32.2. The van der Waals surface area contributed by atoms with Gasteiger partial charge in [0.25, 0.3) is 5.91 Å². The van der Waals surface area contributed by atoms with Gasteiger partial charge in [-0.25, -0.2) is 8.42 Å². The Hall–Kier alpha value is -3.16. The van der Waals surface area contributed by atoms with E-state index in [1.165, 1.54) is 23.5 Å². The molecule has 1 aliphatic heterocycles. The molecule has 0 unspecified atom stereocenters. The fraction of sp³-hybridized carbons (Fsp3) is 0.269. The van der Waals surface area contributed by atoms with E-state index in [-0.39, 0.29) is 10.5 Å². The molecule has 1 aliphatic rings. The minimum Gasteiger partial charge on any atom is -0.496 e. The first kappa shape index (κ1) is 23.0. The summed E-state index contributed by atoms with van der Waals surface area (Å²) in [6, 6.07) is 21.6. The van der Waals surface area contributed by atoms with Crippen molar-refractivity contribution in [1.29, 1.82) is 0 Å². The molecule has 4 rings (SSSR count). The van der Waals surface area contributed by atoms with Gasteiger partial charge in [-0.2, -0.15) is 4.31 Å². The minimum absolute atomic E-state index is 0.0995. The number of carbonyl (C=O) groups is 1. The van der Waals surface area contributed by atoms with Gasteiger partial charge in [0.05, 0.1) is 23.6 Å². The summed E-state index contributed by atoms with van der Waals surface area (Å²) in [5, 5.41) is 3.10. The van der Waals surface area contributed by atoms with Gasteiger partial charge in [0.15, 0.2) is 0 Å². The molecule has 33 heavy (non-hydrogen) atoms. The first-order valence-corrected chi connectivity index (χ1v) is 12.5. The quantitative estimate of drug-likeness (QED) is 0.565. The van der Waals surface area contributed by atoms with Crippen LogP contribution in [0.25, 0.3) is 0 Å². The zero-order chi connectivity index (χ0) is 23.4. The molecule has 1 saturated heterocycles. The van der Waals surface area contributed by atoms with E-state index in [1.807, 2.05) is 61.5 Å². The standard InChI is InChI=1S/C26H28N2O4S/c1-19-10-6-7-13-22(19)25(20-11-4-3-5-12-20)27-26(29)23-18-21(14-15-24(23)32-2)33(30,31)28-16-8-9-17-28/h3-7,10-15,18,25H,8-9,16-17H2,1-2H3,(H,27,29)/t25-/m0/s1. The summed E-state index contributed by atoms with van der Waals surface area (Å²) in [4.78, 5) is 13.6. The van der Waals surface area contributed by atoms with Crippen molar-refractivity contribution in [3.8, 4) is 5.75 Å². The van der Waals surface area contributed by atoms with Crippen LogP contribution in [0.1, 0.15) is 45.9 Å². The number of hydrogen-bond acceptors (Lipinski definition) is 4. The molecule has 0 aromatic heterocycles. The lowest BCUT2D eigenvalue weighted by Crippen LogP contribution is -2.31. The number of sulfonamides is 1. The molecule has 0 radical (unpaired) electrons. The number of rotatable bonds is 7.